The van der Waals surface area contributed by atoms with Crippen LogP contribution in [-0.4, -0.2) is 36.9 Å². The Morgan fingerprint density at radius 1 is 1.03 bits per heavy atom. The molecule has 5 nitrogen and oxygen atoms in total. The number of carbonyl (C=O) groups is 2. The monoisotopic (exact) mass is 491 g/mol. The van der Waals surface area contributed by atoms with Gasteiger partial charge in [0, 0.05) is 15.2 Å². The lowest BCUT2D eigenvalue weighted by atomic mass is 10.1. The fourth-order valence-electron chi connectivity index (χ4n) is 2.55. The summed E-state index contributed by atoms with van der Waals surface area (Å²) in [5.74, 6) is -1.04. The van der Waals surface area contributed by atoms with Crippen molar-refractivity contribution in [1.29, 1.82) is 0 Å². The topological polar surface area (TPSA) is 61.4 Å². The maximum atomic E-state index is 13.1. The lowest BCUT2D eigenvalue weighted by Crippen LogP contribution is -2.36. The quantitative estimate of drug-likeness (QED) is 0.601. The van der Waals surface area contributed by atoms with Crippen molar-refractivity contribution in [2.75, 3.05) is 30.8 Å². The number of nitrogens with one attached hydrogen (secondary N) is 2. The zero-order valence-electron chi connectivity index (χ0n) is 15.5. The zero-order valence-corrected chi connectivity index (χ0v) is 17.9. The predicted molar refractivity (Wildman–Crippen MR) is 110 cm³/mol. The van der Waals surface area contributed by atoms with Gasteiger partial charge in [0.2, 0.25) is 11.8 Å². The number of nitrogens with zero attached hydrogens (tertiary/aromatic N) is 1. The first-order chi connectivity index (χ1) is 13.5. The van der Waals surface area contributed by atoms with Crippen molar-refractivity contribution >= 4 is 50.7 Å². The van der Waals surface area contributed by atoms with Crippen LogP contribution in [0.3, 0.4) is 0 Å². The van der Waals surface area contributed by atoms with Crippen molar-refractivity contribution in [3.05, 3.63) is 57.0 Å². The first-order valence-electron chi connectivity index (χ1n) is 8.37. The molecule has 0 unspecified atom stereocenters. The van der Waals surface area contributed by atoms with Crippen LogP contribution in [0.4, 0.5) is 24.5 Å². The van der Waals surface area contributed by atoms with Crippen molar-refractivity contribution in [2.24, 2.45) is 0 Å². The molecule has 2 rings (SSSR count). The molecule has 0 aromatic heterocycles. The first kappa shape index (κ1) is 23.2. The number of benzene rings is 2. The molecular formula is C19H18BrClF3N3O2. The molecule has 2 aromatic carbocycles. The van der Waals surface area contributed by atoms with Gasteiger partial charge in [-0.25, -0.2) is 0 Å². The van der Waals surface area contributed by atoms with Gasteiger partial charge in [-0.05, 0) is 55.9 Å². The molecule has 0 aliphatic heterocycles. The molecule has 0 bridgehead atoms. The van der Waals surface area contributed by atoms with Crippen molar-refractivity contribution in [3.63, 3.8) is 0 Å². The standard InChI is InChI=1S/C19H18BrClF3N3O2/c1-11-7-12(20)3-5-15(11)25-17(28)9-27(2)10-18(29)26-16-6-4-13(21)8-14(16)19(22,23)24/h3-8H,9-10H2,1-2H3,(H,25,28)(H,26,29). The number of alkyl halides is 3. The van der Waals surface area contributed by atoms with Crippen molar-refractivity contribution in [2.45, 2.75) is 13.1 Å². The predicted octanol–water partition coefficient (Wildman–Crippen LogP) is 4.94. The number of aryl methyl sites for hydroxylation is 1. The zero-order chi connectivity index (χ0) is 21.8. The maximum Gasteiger partial charge on any atom is 0.418 e. The Labute approximate surface area is 179 Å². The summed E-state index contributed by atoms with van der Waals surface area (Å²) in [5, 5.41) is 4.86. The number of hydrogen-bond acceptors (Lipinski definition) is 3. The number of rotatable bonds is 6. The fraction of sp³-hybridized carbons (Fsp3) is 0.263. The van der Waals surface area contributed by atoms with Gasteiger partial charge in [-0.15, -0.1) is 0 Å². The van der Waals surface area contributed by atoms with Gasteiger partial charge in [-0.3, -0.25) is 14.5 Å². The molecule has 0 spiro atoms. The van der Waals surface area contributed by atoms with E-state index in [-0.39, 0.29) is 24.0 Å². The number of hydrogen-bond donors (Lipinski definition) is 2. The minimum absolute atomic E-state index is 0.0904. The summed E-state index contributed by atoms with van der Waals surface area (Å²) < 4.78 is 40.2. The second-order valence-electron chi connectivity index (χ2n) is 6.42. The van der Waals surface area contributed by atoms with E-state index >= 15 is 0 Å². The Morgan fingerprint density at radius 2 is 1.59 bits per heavy atom. The summed E-state index contributed by atoms with van der Waals surface area (Å²) in [6.45, 7) is 1.45. The molecule has 0 aliphatic rings. The summed E-state index contributed by atoms with van der Waals surface area (Å²) in [7, 11) is 1.51. The second kappa shape index (κ2) is 9.60. The van der Waals surface area contributed by atoms with E-state index in [1.165, 1.54) is 18.0 Å². The summed E-state index contributed by atoms with van der Waals surface area (Å²) in [4.78, 5) is 25.7. The van der Waals surface area contributed by atoms with Crippen LogP contribution in [0.2, 0.25) is 5.02 Å². The van der Waals surface area contributed by atoms with Crippen LogP contribution in [0.1, 0.15) is 11.1 Å². The molecule has 2 N–H and O–H groups in total. The van der Waals surface area contributed by atoms with Gasteiger partial charge in [-0.2, -0.15) is 13.2 Å². The summed E-state index contributed by atoms with van der Waals surface area (Å²) in [6, 6.07) is 8.45. The lowest BCUT2D eigenvalue weighted by Gasteiger charge is -2.18. The third-order valence-corrected chi connectivity index (χ3v) is 4.58. The van der Waals surface area contributed by atoms with Crippen LogP contribution in [0.15, 0.2) is 40.9 Å². The second-order valence-corrected chi connectivity index (χ2v) is 7.77. The Hall–Kier alpha value is -2.10. The highest BCUT2D eigenvalue weighted by Crippen LogP contribution is 2.36. The first-order valence-corrected chi connectivity index (χ1v) is 9.54. The minimum Gasteiger partial charge on any atom is -0.325 e. The van der Waals surface area contributed by atoms with Gasteiger partial charge in [0.05, 0.1) is 24.3 Å². The third-order valence-electron chi connectivity index (χ3n) is 3.85. The van der Waals surface area contributed by atoms with Gasteiger partial charge in [0.15, 0.2) is 0 Å². The van der Waals surface area contributed by atoms with Crippen LogP contribution < -0.4 is 10.6 Å². The van der Waals surface area contributed by atoms with Crippen molar-refractivity contribution in [1.82, 2.24) is 4.90 Å². The number of amides is 2. The molecule has 0 fully saturated rings. The summed E-state index contributed by atoms with van der Waals surface area (Å²) in [5.41, 5.74) is 0.0577. The Bertz CT molecular complexity index is 922. The lowest BCUT2D eigenvalue weighted by molar-refractivity contribution is -0.137. The highest BCUT2D eigenvalue weighted by atomic mass is 79.9. The Kier molecular flexibility index (Phi) is 7.67. The van der Waals surface area contributed by atoms with Crippen LogP contribution in [0.5, 0.6) is 0 Å². The minimum atomic E-state index is -4.66. The molecule has 156 valence electrons. The molecule has 2 amide bonds. The van der Waals surface area contributed by atoms with E-state index in [1.807, 2.05) is 13.0 Å². The number of anilines is 2. The maximum absolute atomic E-state index is 13.1. The highest BCUT2D eigenvalue weighted by molar-refractivity contribution is 9.10. The number of halogens is 5. The van der Waals surface area contributed by atoms with Crippen LogP contribution in [0.25, 0.3) is 0 Å². The van der Waals surface area contributed by atoms with Crippen LogP contribution >= 0.6 is 27.5 Å². The van der Waals surface area contributed by atoms with Gasteiger partial charge < -0.3 is 10.6 Å². The third kappa shape index (κ3) is 7.02. The molecule has 0 aliphatic carbocycles. The highest BCUT2D eigenvalue weighted by Gasteiger charge is 2.34. The van der Waals surface area contributed by atoms with E-state index in [9.17, 15) is 22.8 Å². The fourth-order valence-corrected chi connectivity index (χ4v) is 3.20. The van der Waals surface area contributed by atoms with E-state index in [2.05, 4.69) is 26.6 Å². The van der Waals surface area contributed by atoms with Crippen LogP contribution in [0, 0.1) is 6.92 Å². The molecule has 0 atom stereocenters. The van der Waals surface area contributed by atoms with E-state index in [4.69, 9.17) is 11.6 Å². The van der Waals surface area contributed by atoms with Crippen LogP contribution in [-0.2, 0) is 15.8 Å². The Balaban J connectivity index is 1.95. The Morgan fingerprint density at radius 3 is 2.14 bits per heavy atom. The molecule has 0 saturated heterocycles. The molecule has 0 heterocycles. The van der Waals surface area contributed by atoms with E-state index in [0.717, 1.165) is 22.2 Å². The van der Waals surface area contributed by atoms with E-state index in [1.54, 1.807) is 12.1 Å². The molecule has 29 heavy (non-hydrogen) atoms. The molecule has 10 heteroatoms. The van der Waals surface area contributed by atoms with Gasteiger partial charge >= 0.3 is 6.18 Å². The SMILES string of the molecule is Cc1cc(Br)ccc1NC(=O)CN(C)CC(=O)Nc1ccc(Cl)cc1C(F)(F)F. The summed E-state index contributed by atoms with van der Waals surface area (Å²) in [6.07, 6.45) is -4.66. The normalized spacial score (nSPS) is 11.4. The molecule has 0 saturated carbocycles. The van der Waals surface area contributed by atoms with E-state index < -0.39 is 23.3 Å². The molecule has 0 radical (unpaired) electrons. The van der Waals surface area contributed by atoms with Crippen molar-refractivity contribution < 1.29 is 22.8 Å². The number of carbonyl (C=O) groups excluding carboxylic acids is 2. The van der Waals surface area contributed by atoms with Gasteiger partial charge in [0.25, 0.3) is 0 Å². The smallest absolute Gasteiger partial charge is 0.325 e. The molecular weight excluding hydrogens is 475 g/mol. The van der Waals surface area contributed by atoms with Gasteiger partial charge in [-0.1, -0.05) is 27.5 Å². The largest absolute Gasteiger partial charge is 0.418 e. The average molecular weight is 493 g/mol. The average Bonchev–Trinajstić information content (AvgIpc) is 2.57. The van der Waals surface area contributed by atoms with E-state index in [0.29, 0.717) is 5.69 Å². The summed E-state index contributed by atoms with van der Waals surface area (Å²) >= 11 is 8.95. The van der Waals surface area contributed by atoms with Crippen molar-refractivity contribution in [3.8, 4) is 0 Å². The number of likely N-dealkylation sites (N-methyl/N-ethyl adjacent to an activating group) is 1. The van der Waals surface area contributed by atoms with Gasteiger partial charge in [0.1, 0.15) is 0 Å². The molecule has 2 aromatic rings.